The molecular weight excluding hydrogens is 426 g/mol. The maximum Gasteiger partial charge on any atom is 0.264 e. The van der Waals surface area contributed by atoms with E-state index in [1.807, 2.05) is 25.9 Å². The topological polar surface area (TPSA) is 79.0 Å². The first-order valence-corrected chi connectivity index (χ1v) is 11.5. The Morgan fingerprint density at radius 2 is 1.70 bits per heavy atom. The van der Waals surface area contributed by atoms with Crippen LogP contribution in [0.4, 0.5) is 5.69 Å². The van der Waals surface area contributed by atoms with Crippen LogP contribution in [0.25, 0.3) is 0 Å². The summed E-state index contributed by atoms with van der Waals surface area (Å²) in [6, 6.07) is 12.5. The summed E-state index contributed by atoms with van der Waals surface area (Å²) in [5.41, 5.74) is 0.372. The first-order valence-electron chi connectivity index (χ1n) is 9.66. The molecule has 0 saturated carbocycles. The molecule has 0 atom stereocenters. The van der Waals surface area contributed by atoms with Gasteiger partial charge in [0.2, 0.25) is 5.91 Å². The van der Waals surface area contributed by atoms with Crippen molar-refractivity contribution in [3.8, 4) is 5.75 Å². The SMILES string of the molecule is CCOc1ccc(N(CC(=O)NCCCN(C)C)S(=O)(=O)c2ccc(Cl)cc2)cc1. The summed E-state index contributed by atoms with van der Waals surface area (Å²) in [7, 11) is -0.0652. The molecular formula is C21H28ClN3O4S. The molecule has 0 radical (unpaired) electrons. The highest BCUT2D eigenvalue weighted by molar-refractivity contribution is 7.92. The first kappa shape index (κ1) is 24.0. The summed E-state index contributed by atoms with van der Waals surface area (Å²) < 4.78 is 33.1. The Morgan fingerprint density at radius 3 is 2.27 bits per heavy atom. The molecule has 0 aliphatic heterocycles. The Morgan fingerprint density at radius 1 is 1.07 bits per heavy atom. The standard InChI is InChI=1S/C21H28ClN3O4S/c1-4-29-19-10-8-18(9-11-19)25(16-21(26)23-14-5-15-24(2)3)30(27,28)20-12-6-17(22)7-13-20/h6-13H,4-5,14-16H2,1-3H3,(H,23,26). The summed E-state index contributed by atoms with van der Waals surface area (Å²) in [5, 5.41) is 3.22. The molecule has 0 heterocycles. The molecule has 2 aromatic rings. The number of hydrogen-bond acceptors (Lipinski definition) is 5. The average molecular weight is 454 g/mol. The lowest BCUT2D eigenvalue weighted by atomic mass is 10.3. The molecule has 1 amide bonds. The van der Waals surface area contributed by atoms with Crippen molar-refractivity contribution in [1.29, 1.82) is 0 Å². The normalized spacial score (nSPS) is 11.4. The highest BCUT2D eigenvalue weighted by Crippen LogP contribution is 2.26. The fourth-order valence-corrected chi connectivity index (χ4v) is 4.28. The smallest absolute Gasteiger partial charge is 0.264 e. The van der Waals surface area contributed by atoms with Gasteiger partial charge in [0, 0.05) is 11.6 Å². The van der Waals surface area contributed by atoms with Crippen LogP contribution in [-0.4, -0.2) is 59.6 Å². The summed E-state index contributed by atoms with van der Waals surface area (Å²) in [6.07, 6.45) is 0.770. The summed E-state index contributed by atoms with van der Waals surface area (Å²) in [6.45, 7) is 3.33. The van der Waals surface area contributed by atoms with Gasteiger partial charge in [-0.05, 0) is 82.5 Å². The molecule has 30 heavy (non-hydrogen) atoms. The van der Waals surface area contributed by atoms with Crippen molar-refractivity contribution >= 4 is 33.2 Å². The Kier molecular flexibility index (Phi) is 8.95. The lowest BCUT2D eigenvalue weighted by Crippen LogP contribution is -2.41. The molecule has 7 nitrogen and oxygen atoms in total. The highest BCUT2D eigenvalue weighted by atomic mass is 35.5. The van der Waals surface area contributed by atoms with Crippen molar-refractivity contribution in [2.45, 2.75) is 18.2 Å². The van der Waals surface area contributed by atoms with E-state index < -0.39 is 10.0 Å². The molecule has 2 aromatic carbocycles. The van der Waals surface area contributed by atoms with Crippen LogP contribution < -0.4 is 14.4 Å². The molecule has 0 aromatic heterocycles. The number of rotatable bonds is 11. The second-order valence-electron chi connectivity index (χ2n) is 6.90. The lowest BCUT2D eigenvalue weighted by Gasteiger charge is -2.24. The van der Waals surface area contributed by atoms with Crippen LogP contribution in [0.15, 0.2) is 53.4 Å². The third kappa shape index (κ3) is 6.90. The molecule has 0 spiro atoms. The maximum atomic E-state index is 13.3. The summed E-state index contributed by atoms with van der Waals surface area (Å²) >= 11 is 5.89. The zero-order chi connectivity index (χ0) is 22.1. The summed E-state index contributed by atoms with van der Waals surface area (Å²) in [5.74, 6) is 0.249. The number of anilines is 1. The molecule has 1 N–H and O–H groups in total. The van der Waals surface area contributed by atoms with E-state index in [0.717, 1.165) is 17.3 Å². The second-order valence-corrected chi connectivity index (χ2v) is 9.20. The van der Waals surface area contributed by atoms with E-state index in [4.69, 9.17) is 16.3 Å². The van der Waals surface area contributed by atoms with Crippen molar-refractivity contribution < 1.29 is 17.9 Å². The van der Waals surface area contributed by atoms with Crippen LogP contribution in [0.3, 0.4) is 0 Å². The number of carbonyl (C=O) groups is 1. The number of hydrogen-bond donors (Lipinski definition) is 1. The van der Waals surface area contributed by atoms with Crippen molar-refractivity contribution in [3.05, 3.63) is 53.6 Å². The van der Waals surface area contributed by atoms with Crippen LogP contribution in [0.2, 0.25) is 5.02 Å². The zero-order valence-electron chi connectivity index (χ0n) is 17.5. The molecule has 2 rings (SSSR count). The van der Waals surface area contributed by atoms with Gasteiger partial charge in [-0.1, -0.05) is 11.6 Å². The number of nitrogens with one attached hydrogen (secondary N) is 1. The molecule has 0 saturated heterocycles. The predicted molar refractivity (Wildman–Crippen MR) is 120 cm³/mol. The van der Waals surface area contributed by atoms with Crippen molar-refractivity contribution in [2.75, 3.05) is 44.6 Å². The number of amides is 1. The van der Waals surface area contributed by atoms with E-state index >= 15 is 0 Å². The molecule has 0 bridgehead atoms. The van der Waals surface area contributed by atoms with Crippen LogP contribution in [-0.2, 0) is 14.8 Å². The highest BCUT2D eigenvalue weighted by Gasteiger charge is 2.27. The molecule has 0 aliphatic rings. The third-order valence-electron chi connectivity index (χ3n) is 4.23. The van der Waals surface area contributed by atoms with Gasteiger partial charge in [0.15, 0.2) is 0 Å². The van der Waals surface area contributed by atoms with E-state index in [0.29, 0.717) is 29.6 Å². The number of halogens is 1. The van der Waals surface area contributed by atoms with Crippen LogP contribution in [0, 0.1) is 0 Å². The monoisotopic (exact) mass is 453 g/mol. The Bertz CT molecular complexity index is 916. The number of benzene rings is 2. The summed E-state index contributed by atoms with van der Waals surface area (Å²) in [4.78, 5) is 14.6. The Balaban J connectivity index is 2.25. The van der Waals surface area contributed by atoms with Gasteiger partial charge in [0.25, 0.3) is 10.0 Å². The van der Waals surface area contributed by atoms with Crippen LogP contribution in [0.5, 0.6) is 5.75 Å². The van der Waals surface area contributed by atoms with Gasteiger partial charge in [-0.25, -0.2) is 8.42 Å². The second kappa shape index (κ2) is 11.2. The fourth-order valence-electron chi connectivity index (χ4n) is 2.73. The molecule has 0 aliphatic carbocycles. The Labute approximate surface area is 183 Å². The van der Waals surface area contributed by atoms with Gasteiger partial charge in [-0.15, -0.1) is 0 Å². The van der Waals surface area contributed by atoms with Gasteiger partial charge < -0.3 is 15.0 Å². The number of carbonyl (C=O) groups excluding carboxylic acids is 1. The van der Waals surface area contributed by atoms with E-state index in [9.17, 15) is 13.2 Å². The number of ether oxygens (including phenoxy) is 1. The largest absolute Gasteiger partial charge is 0.494 e. The fraction of sp³-hybridized carbons (Fsp3) is 0.381. The first-order chi connectivity index (χ1) is 14.2. The van der Waals surface area contributed by atoms with E-state index in [1.54, 1.807) is 24.3 Å². The maximum absolute atomic E-state index is 13.3. The molecule has 0 fully saturated rings. The molecule has 9 heteroatoms. The van der Waals surface area contributed by atoms with E-state index in [1.165, 1.54) is 24.3 Å². The van der Waals surface area contributed by atoms with E-state index in [2.05, 4.69) is 5.32 Å². The van der Waals surface area contributed by atoms with Crippen molar-refractivity contribution in [1.82, 2.24) is 10.2 Å². The van der Waals surface area contributed by atoms with Crippen molar-refractivity contribution in [2.24, 2.45) is 0 Å². The predicted octanol–water partition coefficient (Wildman–Crippen LogP) is 3.00. The van der Waals surface area contributed by atoms with Gasteiger partial charge in [0.05, 0.1) is 17.2 Å². The van der Waals surface area contributed by atoms with Crippen molar-refractivity contribution in [3.63, 3.8) is 0 Å². The minimum absolute atomic E-state index is 0.0567. The zero-order valence-corrected chi connectivity index (χ0v) is 19.0. The van der Waals surface area contributed by atoms with Gasteiger partial charge >= 0.3 is 0 Å². The van der Waals surface area contributed by atoms with E-state index in [-0.39, 0.29) is 17.3 Å². The third-order valence-corrected chi connectivity index (χ3v) is 6.27. The molecule has 0 unspecified atom stereocenters. The molecule has 164 valence electrons. The number of sulfonamides is 1. The lowest BCUT2D eigenvalue weighted by molar-refractivity contribution is -0.119. The van der Waals surface area contributed by atoms with Crippen LogP contribution >= 0.6 is 11.6 Å². The van der Waals surface area contributed by atoms with Gasteiger partial charge in [-0.2, -0.15) is 0 Å². The Hall–Kier alpha value is -2.29. The van der Waals surface area contributed by atoms with Gasteiger partial charge in [-0.3, -0.25) is 9.10 Å². The number of nitrogens with zero attached hydrogens (tertiary/aromatic N) is 2. The minimum atomic E-state index is -3.97. The quantitative estimate of drug-likeness (QED) is 0.529. The van der Waals surface area contributed by atoms with Gasteiger partial charge in [0.1, 0.15) is 12.3 Å². The average Bonchev–Trinajstić information content (AvgIpc) is 2.70. The minimum Gasteiger partial charge on any atom is -0.494 e. The van der Waals surface area contributed by atoms with Crippen LogP contribution in [0.1, 0.15) is 13.3 Å².